The molecule has 4 aromatic carbocycles. The Morgan fingerprint density at radius 3 is 1.08 bits per heavy atom. The van der Waals surface area contributed by atoms with Crippen LogP contribution in [-0.4, -0.2) is 105 Å². The average molecular weight is 1480 g/mol. The van der Waals surface area contributed by atoms with Crippen LogP contribution in [-0.2, 0) is 66.2 Å². The third kappa shape index (κ3) is 17.4. The summed E-state index contributed by atoms with van der Waals surface area (Å²) in [6.45, 7) is 13.5. The molecule has 0 aliphatic rings. The maximum absolute atomic E-state index is 12.7. The summed E-state index contributed by atoms with van der Waals surface area (Å²) in [7, 11) is 0.274. The number of aromatic nitrogens is 12. The van der Waals surface area contributed by atoms with Crippen LogP contribution in [0.3, 0.4) is 0 Å². The molecule has 0 fully saturated rings. The van der Waals surface area contributed by atoms with Gasteiger partial charge < -0.3 is 49.3 Å². The summed E-state index contributed by atoms with van der Waals surface area (Å²) in [5, 5.41) is 49.1. The smallest absolute Gasteiger partial charge is 0.287 e. The molecule has 0 spiro atoms. The standard InChI is InChI=1S/C16H16ClN3O3S.C16H16ClN3O2S.C16H16N4O5S.C16H16N4O4S.2CH4/c1-9-7-20(21)14(10(2)15(9)17)8-24(22)16-18-12-5-4-11(23-3)6-13(12)19-16;1-9-7-18-14(10(2)15(9)17)8-23(21)16-19-12-5-4-11(22-3)6-13(12)20-16;1-9-7-19(21)14(10(2)15(9)20(22)23)8-26(24)16-17-12-5-4-11(25-3)6-13(12)18-16;1-9-7-17-14(10(2)15(9)20(21)22)8-25(23)16-18-12-5-4-11(24-3)6-13(12)19-16;;/h4-7H,8H2,1-3H3,(H,18,19);4-7H,8H2,1-3H3,(H,19,20);4-7H,8H2,1-3H3,(H,17,18);4-7H,8H2,1-3H3,(H,18,19);2*1H4. The van der Waals surface area contributed by atoms with E-state index in [0.717, 1.165) is 50.0 Å². The number of H-pyrrole nitrogens is 4. The highest BCUT2D eigenvalue weighted by Crippen LogP contribution is 2.31. The molecule has 12 rings (SSSR count). The van der Waals surface area contributed by atoms with Crippen LogP contribution in [0.2, 0.25) is 10.0 Å². The van der Waals surface area contributed by atoms with Crippen LogP contribution in [0.25, 0.3) is 44.1 Å². The maximum atomic E-state index is 12.7. The molecule has 0 amide bonds. The Labute approximate surface area is 594 Å². The van der Waals surface area contributed by atoms with Crippen molar-refractivity contribution in [3.8, 4) is 23.0 Å². The predicted octanol–water partition coefficient (Wildman–Crippen LogP) is 12.4. The molecule has 0 aliphatic carbocycles. The van der Waals surface area contributed by atoms with E-state index in [-0.39, 0.29) is 71.2 Å². The summed E-state index contributed by atoms with van der Waals surface area (Å²) in [4.78, 5) is 59.3. The molecule has 4 atom stereocenters. The van der Waals surface area contributed by atoms with Crippen LogP contribution < -0.4 is 28.4 Å². The van der Waals surface area contributed by atoms with E-state index in [0.29, 0.717) is 109 Å². The Hall–Kier alpha value is -9.86. The summed E-state index contributed by atoms with van der Waals surface area (Å²) in [5.41, 5.74) is 11.5. The van der Waals surface area contributed by atoms with Gasteiger partial charge in [-0.05, 0) is 115 Å². The van der Waals surface area contributed by atoms with E-state index < -0.39 is 53.0 Å². The van der Waals surface area contributed by atoms with Crippen LogP contribution in [0.4, 0.5) is 11.4 Å². The number of aromatic amines is 4. The van der Waals surface area contributed by atoms with Crippen LogP contribution >= 0.6 is 23.2 Å². The highest BCUT2D eigenvalue weighted by molar-refractivity contribution is 7.84. The molecule has 0 radical (unpaired) electrons. The number of imidazole rings is 4. The first-order chi connectivity index (χ1) is 46.6. The highest BCUT2D eigenvalue weighted by Gasteiger charge is 2.29. The van der Waals surface area contributed by atoms with Crippen LogP contribution in [0, 0.1) is 86.0 Å². The lowest BCUT2D eigenvalue weighted by Crippen LogP contribution is -2.34. The van der Waals surface area contributed by atoms with Gasteiger partial charge in [0.2, 0.25) is 11.4 Å². The molecule has 100 heavy (non-hydrogen) atoms. The Kier molecular flexibility index (Phi) is 25.8. The van der Waals surface area contributed by atoms with Crippen molar-refractivity contribution >= 4 is 122 Å². The van der Waals surface area contributed by atoms with E-state index in [1.54, 1.807) is 110 Å². The lowest BCUT2D eigenvalue weighted by Gasteiger charge is -2.10. The van der Waals surface area contributed by atoms with Crippen molar-refractivity contribution in [2.75, 3.05) is 28.4 Å². The fourth-order valence-electron chi connectivity index (χ4n) is 10.1. The zero-order chi connectivity index (χ0) is 71.1. The summed E-state index contributed by atoms with van der Waals surface area (Å²) in [6, 6.07) is 21.3. The minimum Gasteiger partial charge on any atom is -0.618 e. The predicted molar refractivity (Wildman–Crippen MR) is 385 cm³/mol. The molecule has 0 saturated heterocycles. The number of rotatable bonds is 18. The molecular weight excluding hydrogens is 1410 g/mol. The summed E-state index contributed by atoms with van der Waals surface area (Å²) in [5.74, 6) is 2.86. The molecule has 0 saturated carbocycles. The van der Waals surface area contributed by atoms with Crippen molar-refractivity contribution in [3.63, 3.8) is 0 Å². The average Bonchev–Trinajstić information content (AvgIpc) is 1.49. The van der Waals surface area contributed by atoms with E-state index >= 15 is 0 Å². The molecule has 0 bridgehead atoms. The number of aryl methyl sites for hydroxylation is 4. The van der Waals surface area contributed by atoms with Gasteiger partial charge in [-0.3, -0.25) is 47.0 Å². The van der Waals surface area contributed by atoms with Gasteiger partial charge in [-0.1, -0.05) is 38.1 Å². The van der Waals surface area contributed by atoms with Gasteiger partial charge >= 0.3 is 0 Å². The number of ether oxygens (including phenoxy) is 4. The number of halogens is 2. The van der Waals surface area contributed by atoms with Gasteiger partial charge in [-0.15, -0.1) is 0 Å². The van der Waals surface area contributed by atoms with Crippen molar-refractivity contribution in [1.82, 2.24) is 49.8 Å². The first-order valence-electron chi connectivity index (χ1n) is 29.2. The largest absolute Gasteiger partial charge is 0.618 e. The topological polar surface area (TPSA) is 386 Å². The number of pyridine rings is 4. The van der Waals surface area contributed by atoms with Gasteiger partial charge in [0.1, 0.15) is 34.5 Å². The van der Waals surface area contributed by atoms with E-state index in [1.807, 2.05) is 32.0 Å². The molecule has 4 unspecified atom stereocenters. The Balaban J connectivity index is 0.000000186. The monoisotopic (exact) mass is 1480 g/mol. The molecule has 8 aromatic heterocycles. The minimum atomic E-state index is -1.68. The summed E-state index contributed by atoms with van der Waals surface area (Å²) >= 11 is 12.4. The quantitative estimate of drug-likeness (QED) is 0.0268. The van der Waals surface area contributed by atoms with E-state index in [1.165, 1.54) is 33.4 Å². The summed E-state index contributed by atoms with van der Waals surface area (Å²) in [6.07, 6.45) is 5.65. The number of nitrogens with zero attached hydrogens (tertiary/aromatic N) is 10. The zero-order valence-corrected chi connectivity index (χ0v) is 59.4. The molecule has 0 aliphatic heterocycles. The Bertz CT molecular complexity index is 5180. The second-order valence-electron chi connectivity index (χ2n) is 21.9. The van der Waals surface area contributed by atoms with Gasteiger partial charge in [0.05, 0.1) is 165 Å². The number of methoxy groups -OCH3 is 4. The van der Waals surface area contributed by atoms with E-state index in [9.17, 15) is 47.5 Å². The number of fused-ring (bicyclic) bond motifs is 4. The molecular formula is C66H72Cl2N14O14S4. The molecule has 4 N–H and O–H groups in total. The van der Waals surface area contributed by atoms with E-state index in [4.69, 9.17) is 42.1 Å². The van der Waals surface area contributed by atoms with Crippen molar-refractivity contribution in [3.05, 3.63) is 206 Å². The first kappa shape index (κ1) is 77.5. The highest BCUT2D eigenvalue weighted by atomic mass is 35.5. The lowest BCUT2D eigenvalue weighted by atomic mass is 10.1. The summed E-state index contributed by atoms with van der Waals surface area (Å²) < 4.78 is 72.4. The molecule has 12 aromatic rings. The Morgan fingerprint density at radius 2 is 0.730 bits per heavy atom. The number of nitrogens with one attached hydrogen (secondary N) is 4. The molecule has 34 heteroatoms. The fraction of sp³-hybridized carbons (Fsp3) is 0.273. The number of benzene rings is 4. The number of nitro groups is 2. The second-order valence-corrected chi connectivity index (χ2v) is 28.2. The lowest BCUT2D eigenvalue weighted by molar-refractivity contribution is -0.614. The maximum Gasteiger partial charge on any atom is 0.287 e. The normalized spacial score (nSPS) is 12.1. The molecule has 528 valence electrons. The van der Waals surface area contributed by atoms with Gasteiger partial charge in [-0.25, -0.2) is 19.9 Å². The second kappa shape index (κ2) is 33.3. The molecule has 28 nitrogen and oxygen atoms in total. The fourth-order valence-corrected chi connectivity index (χ4v) is 14.9. The van der Waals surface area contributed by atoms with E-state index in [2.05, 4.69) is 49.8 Å². The van der Waals surface area contributed by atoms with Crippen molar-refractivity contribution in [2.24, 2.45) is 0 Å². The minimum absolute atomic E-state index is 0. The molecule has 8 heterocycles. The third-order valence-corrected chi connectivity index (χ3v) is 21.3. The SMILES string of the molecule is C.C.COc1ccc2nc(S(=O)Cc3c(C)c(Cl)c(C)c[n+]3[O-])[nH]c2c1.COc1ccc2nc(S(=O)Cc3c(C)c([N+](=O)[O-])c(C)c[n+]3[O-])[nH]c2c1.COc1ccc2nc(S(=O)Cc3ncc(C)c(Cl)c3C)[nH]c2c1.COc1ccc2nc(S(=O)Cc3ncc(C)c([N+](=O)[O-])c3C)[nH]c2c1. The first-order valence-corrected chi connectivity index (χ1v) is 35.3. The van der Waals surface area contributed by atoms with Crippen LogP contribution in [0.1, 0.15) is 82.1 Å². The Morgan fingerprint density at radius 1 is 0.430 bits per heavy atom. The van der Waals surface area contributed by atoms with Gasteiger partial charge in [0, 0.05) is 63.9 Å². The van der Waals surface area contributed by atoms with Gasteiger partial charge in [0.15, 0.2) is 33.0 Å². The van der Waals surface area contributed by atoms with Crippen molar-refractivity contribution < 1.29 is 55.1 Å². The van der Waals surface area contributed by atoms with Crippen LogP contribution in [0.15, 0.2) is 118 Å². The van der Waals surface area contributed by atoms with Crippen molar-refractivity contribution in [1.29, 1.82) is 0 Å². The van der Waals surface area contributed by atoms with Gasteiger partial charge in [0.25, 0.3) is 11.4 Å². The third-order valence-electron chi connectivity index (χ3n) is 15.5. The van der Waals surface area contributed by atoms with Crippen LogP contribution in [0.5, 0.6) is 23.0 Å². The van der Waals surface area contributed by atoms with Crippen molar-refractivity contribution in [2.45, 2.75) is 114 Å². The zero-order valence-electron chi connectivity index (χ0n) is 54.6. The number of hydrogen-bond donors (Lipinski definition) is 4. The number of hydrogen-bond acceptors (Lipinski definition) is 20. The van der Waals surface area contributed by atoms with Gasteiger partial charge in [-0.2, -0.15) is 9.46 Å².